The first kappa shape index (κ1) is 16.1. The van der Waals surface area contributed by atoms with Gasteiger partial charge in [0.2, 0.25) is 0 Å². The molecule has 0 atom stereocenters. The standard InChI is InChI=1S/C12H8F6N2O2/c1-20-6-4-3-5(11(13,14)15)8(12(16,17)18)7(6)9(10(20)21)19-22-2/h3-4H,1-2H3. The van der Waals surface area contributed by atoms with Crippen molar-refractivity contribution in [2.24, 2.45) is 5.16 Å². The van der Waals surface area contributed by atoms with Crippen molar-refractivity contribution in [3.05, 3.63) is 28.8 Å². The number of amides is 1. The van der Waals surface area contributed by atoms with Gasteiger partial charge >= 0.3 is 12.4 Å². The molecule has 0 saturated heterocycles. The molecule has 2 rings (SSSR count). The maximum atomic E-state index is 13.2. The highest BCUT2D eigenvalue weighted by Gasteiger charge is 2.49. The Morgan fingerprint density at radius 3 is 2.14 bits per heavy atom. The molecule has 0 aliphatic carbocycles. The second kappa shape index (κ2) is 4.89. The van der Waals surface area contributed by atoms with Gasteiger partial charge in [0.1, 0.15) is 7.11 Å². The van der Waals surface area contributed by atoms with Gasteiger partial charge in [-0.05, 0) is 12.1 Å². The average Bonchev–Trinajstić information content (AvgIpc) is 2.61. The summed E-state index contributed by atoms with van der Waals surface area (Å²) in [6.07, 6.45) is -10.6. The van der Waals surface area contributed by atoms with Gasteiger partial charge in [0.05, 0.1) is 16.8 Å². The van der Waals surface area contributed by atoms with Crippen LogP contribution in [0.1, 0.15) is 16.7 Å². The molecule has 0 unspecified atom stereocenters. The van der Waals surface area contributed by atoms with E-state index in [-0.39, 0.29) is 5.69 Å². The van der Waals surface area contributed by atoms with Crippen LogP contribution in [0.3, 0.4) is 0 Å². The van der Waals surface area contributed by atoms with Crippen molar-refractivity contribution in [1.29, 1.82) is 0 Å². The summed E-state index contributed by atoms with van der Waals surface area (Å²) < 4.78 is 78.2. The predicted molar refractivity (Wildman–Crippen MR) is 63.4 cm³/mol. The van der Waals surface area contributed by atoms with Crippen LogP contribution in [0.15, 0.2) is 17.3 Å². The first-order chi connectivity index (χ1) is 10.00. The number of rotatable bonds is 1. The van der Waals surface area contributed by atoms with Crippen molar-refractivity contribution in [1.82, 2.24) is 0 Å². The quantitative estimate of drug-likeness (QED) is 0.588. The van der Waals surface area contributed by atoms with Crippen LogP contribution in [-0.4, -0.2) is 25.8 Å². The topological polar surface area (TPSA) is 41.9 Å². The Morgan fingerprint density at radius 1 is 1.09 bits per heavy atom. The number of likely N-dealkylation sites (N-methyl/N-ethyl adjacent to an activating group) is 1. The molecule has 1 aliphatic rings. The van der Waals surface area contributed by atoms with Crippen LogP contribution in [0.5, 0.6) is 0 Å². The molecule has 0 aromatic heterocycles. The van der Waals surface area contributed by atoms with Gasteiger partial charge in [-0.15, -0.1) is 0 Å². The summed E-state index contributed by atoms with van der Waals surface area (Å²) in [5, 5.41) is 3.15. The fourth-order valence-corrected chi connectivity index (χ4v) is 2.19. The summed E-state index contributed by atoms with van der Waals surface area (Å²) in [7, 11) is 2.10. The Hall–Kier alpha value is -2.26. The Kier molecular flexibility index (Phi) is 3.58. The number of halogens is 6. The van der Waals surface area contributed by atoms with Gasteiger partial charge in [-0.25, -0.2) is 0 Å². The number of alkyl halides is 6. The molecule has 1 aliphatic heterocycles. The molecule has 0 spiro atoms. The second-order valence-electron chi connectivity index (χ2n) is 4.36. The van der Waals surface area contributed by atoms with Crippen molar-refractivity contribution in [2.45, 2.75) is 12.4 Å². The third-order valence-corrected chi connectivity index (χ3v) is 3.06. The molecule has 0 bridgehead atoms. The maximum Gasteiger partial charge on any atom is 0.417 e. The van der Waals surface area contributed by atoms with Crippen LogP contribution >= 0.6 is 0 Å². The zero-order valence-corrected chi connectivity index (χ0v) is 11.1. The minimum atomic E-state index is -5.32. The Morgan fingerprint density at radius 2 is 1.68 bits per heavy atom. The van der Waals surface area contributed by atoms with E-state index >= 15 is 0 Å². The van der Waals surface area contributed by atoms with Gasteiger partial charge in [0, 0.05) is 12.6 Å². The van der Waals surface area contributed by atoms with E-state index in [1.165, 1.54) is 0 Å². The van der Waals surface area contributed by atoms with Crippen LogP contribution in [0.2, 0.25) is 0 Å². The van der Waals surface area contributed by atoms with E-state index in [0.29, 0.717) is 6.07 Å². The predicted octanol–water partition coefficient (Wildman–Crippen LogP) is 3.05. The van der Waals surface area contributed by atoms with E-state index in [1.54, 1.807) is 0 Å². The summed E-state index contributed by atoms with van der Waals surface area (Å²) in [6, 6.07) is 1.09. The Labute approximate surface area is 119 Å². The van der Waals surface area contributed by atoms with Crippen molar-refractivity contribution in [3.63, 3.8) is 0 Å². The lowest BCUT2D eigenvalue weighted by Gasteiger charge is -2.19. The molecule has 22 heavy (non-hydrogen) atoms. The van der Waals surface area contributed by atoms with Crippen LogP contribution in [0.25, 0.3) is 0 Å². The Balaban J connectivity index is 2.91. The molecule has 0 N–H and O–H groups in total. The summed E-state index contributed by atoms with van der Waals surface area (Å²) in [4.78, 5) is 16.9. The summed E-state index contributed by atoms with van der Waals surface area (Å²) in [6.45, 7) is 0. The molecule has 1 aromatic rings. The van der Waals surface area contributed by atoms with Gasteiger partial charge in [0.15, 0.2) is 5.71 Å². The van der Waals surface area contributed by atoms with Crippen LogP contribution in [0.4, 0.5) is 32.0 Å². The van der Waals surface area contributed by atoms with Crippen molar-refractivity contribution < 1.29 is 36.0 Å². The fraction of sp³-hybridized carbons (Fsp3) is 0.333. The largest absolute Gasteiger partial charge is 0.417 e. The van der Waals surface area contributed by atoms with Crippen molar-refractivity contribution in [3.8, 4) is 0 Å². The molecule has 1 aromatic carbocycles. The number of carbonyl (C=O) groups excluding carboxylic acids is 1. The van der Waals surface area contributed by atoms with Gasteiger partial charge < -0.3 is 9.74 Å². The van der Waals surface area contributed by atoms with E-state index in [4.69, 9.17) is 0 Å². The highest BCUT2D eigenvalue weighted by atomic mass is 19.4. The third-order valence-electron chi connectivity index (χ3n) is 3.06. The highest BCUT2D eigenvalue weighted by molar-refractivity contribution is 6.54. The number of carbonyl (C=O) groups is 1. The van der Waals surface area contributed by atoms with Gasteiger partial charge in [0.25, 0.3) is 5.91 Å². The fourth-order valence-electron chi connectivity index (χ4n) is 2.19. The van der Waals surface area contributed by atoms with E-state index in [1.807, 2.05) is 0 Å². The van der Waals surface area contributed by atoms with Gasteiger partial charge in [-0.3, -0.25) is 4.79 Å². The lowest BCUT2D eigenvalue weighted by molar-refractivity contribution is -0.162. The number of benzene rings is 1. The minimum absolute atomic E-state index is 0.293. The molecule has 0 radical (unpaired) electrons. The molecular formula is C12H8F6N2O2. The molecule has 4 nitrogen and oxygen atoms in total. The highest BCUT2D eigenvalue weighted by Crippen LogP contribution is 2.46. The number of fused-ring (bicyclic) bond motifs is 1. The zero-order valence-electron chi connectivity index (χ0n) is 11.1. The smallest absolute Gasteiger partial charge is 0.398 e. The summed E-state index contributed by atoms with van der Waals surface area (Å²) in [5.74, 6) is -0.985. The molecular weight excluding hydrogens is 318 g/mol. The molecule has 1 heterocycles. The average molecular weight is 326 g/mol. The van der Waals surface area contributed by atoms with Crippen molar-refractivity contribution in [2.75, 3.05) is 19.1 Å². The minimum Gasteiger partial charge on any atom is -0.398 e. The molecule has 10 heteroatoms. The normalized spacial score (nSPS) is 17.2. The summed E-state index contributed by atoms with van der Waals surface area (Å²) in [5.41, 5.74) is -5.91. The molecule has 0 fully saturated rings. The van der Waals surface area contributed by atoms with Gasteiger partial charge in [-0.2, -0.15) is 26.3 Å². The summed E-state index contributed by atoms with van der Waals surface area (Å²) >= 11 is 0. The number of hydrogen-bond acceptors (Lipinski definition) is 3. The lowest BCUT2D eigenvalue weighted by Crippen LogP contribution is -2.26. The van der Waals surface area contributed by atoms with Crippen molar-refractivity contribution >= 4 is 17.3 Å². The first-order valence-electron chi connectivity index (χ1n) is 5.71. The monoisotopic (exact) mass is 326 g/mol. The van der Waals surface area contributed by atoms with Gasteiger partial charge in [-0.1, -0.05) is 5.16 Å². The van der Waals surface area contributed by atoms with E-state index in [2.05, 4.69) is 9.99 Å². The van der Waals surface area contributed by atoms with Crippen LogP contribution < -0.4 is 4.90 Å². The number of hydrogen-bond donors (Lipinski definition) is 0. The number of nitrogens with zero attached hydrogens (tertiary/aromatic N) is 2. The second-order valence-corrected chi connectivity index (χ2v) is 4.36. The third kappa shape index (κ3) is 2.38. The molecule has 0 saturated carbocycles. The first-order valence-corrected chi connectivity index (χ1v) is 5.71. The Bertz CT molecular complexity index is 663. The van der Waals surface area contributed by atoms with Crippen LogP contribution in [-0.2, 0) is 22.0 Å². The molecule has 1 amide bonds. The number of anilines is 1. The van der Waals surface area contributed by atoms with Crippen LogP contribution in [0, 0.1) is 0 Å². The lowest BCUT2D eigenvalue weighted by atomic mass is 9.96. The van der Waals surface area contributed by atoms with E-state index < -0.39 is 40.7 Å². The molecule has 120 valence electrons. The maximum absolute atomic E-state index is 13.2. The zero-order chi connectivity index (χ0) is 16.9. The number of oxime groups is 1. The van der Waals surface area contributed by atoms with E-state index in [9.17, 15) is 31.1 Å². The SMILES string of the molecule is CON=C1C(=O)N(C)c2ccc(C(F)(F)F)c(C(F)(F)F)c21. The van der Waals surface area contributed by atoms with E-state index in [0.717, 1.165) is 25.1 Å².